The minimum atomic E-state index is 1.00. The topological polar surface area (TPSA) is 52.5 Å². The monoisotopic (exact) mass is 263 g/mol. The van der Waals surface area contributed by atoms with Crippen LogP contribution in [0.25, 0.3) is 0 Å². The van der Waals surface area contributed by atoms with Gasteiger partial charge in [0.2, 0.25) is 0 Å². The first-order valence-electron chi connectivity index (χ1n) is 1.07. The van der Waals surface area contributed by atoms with Gasteiger partial charge in [-0.25, -0.2) is 0 Å². The van der Waals surface area contributed by atoms with Gasteiger partial charge in [0, 0.05) is 0 Å². The summed E-state index contributed by atoms with van der Waals surface area (Å²) in [4.78, 5) is 8.00. The Bertz CT molecular complexity index is 17.1. The van der Waals surface area contributed by atoms with Crippen molar-refractivity contribution in [3.8, 4) is 0 Å². The molecule has 0 heterocycles. The molecule has 0 radical (unpaired) electrons. The molecule has 0 N–H and O–H groups in total. The molecule has 5 heavy (non-hydrogen) atoms. The molecule has 0 bridgehead atoms. The van der Waals surface area contributed by atoms with Crippen LogP contribution >= 0.6 is 0 Å². The number of hydrogen-bond donors (Lipinski definition) is 0. The molecule has 0 spiro atoms. The van der Waals surface area contributed by atoms with Gasteiger partial charge in [0.05, 0.1) is 0 Å². The van der Waals surface area contributed by atoms with Crippen molar-refractivity contribution in [2.45, 2.75) is 4.43 Å². The predicted octanol–water partition coefficient (Wildman–Crippen LogP) is 0.832. The van der Waals surface area contributed by atoms with E-state index in [1.165, 1.54) is 0 Å². The van der Waals surface area contributed by atoms with Gasteiger partial charge in [-0.3, -0.25) is 0 Å². The number of rotatable bonds is 0. The molecule has 3 nitrogen and oxygen atoms in total. The summed E-state index contributed by atoms with van der Waals surface area (Å²) in [5.41, 5.74) is 0. The molecule has 0 amide bonds. The molecule has 0 aliphatic heterocycles. The van der Waals surface area contributed by atoms with Gasteiger partial charge >= 0.3 is 30.6 Å². The fourth-order valence-corrected chi connectivity index (χ4v) is 0. The standard InChI is InChI=1S/CH3.Hg.HNO2/c;;2-1-3/h1H3;;(H,2,3)/p-1. The van der Waals surface area contributed by atoms with Crippen LogP contribution < -0.4 is 0 Å². The SMILES string of the molecule is O=N[O-].[CH3][Hg]. The summed E-state index contributed by atoms with van der Waals surface area (Å²) in [5.74, 6) is 0. The second-order valence-electron chi connectivity index (χ2n) is 0.0745. The quantitative estimate of drug-likeness (QED) is 0.368. The van der Waals surface area contributed by atoms with E-state index in [4.69, 9.17) is 10.1 Å². The Morgan fingerprint density at radius 1 is 1.80 bits per heavy atom. The molecule has 27 valence electrons. The molecule has 4 heteroatoms. The van der Waals surface area contributed by atoms with Crippen molar-refractivity contribution in [3.05, 3.63) is 10.1 Å². The third-order valence-electron chi connectivity index (χ3n) is 0. The first kappa shape index (κ1) is 9.01. The third kappa shape index (κ3) is 211. The fraction of sp³-hybridized carbons (Fsp3) is 1.00. The van der Waals surface area contributed by atoms with Crippen LogP contribution in [0.2, 0.25) is 4.43 Å². The normalized spacial score (nSPS) is 3.80. The van der Waals surface area contributed by atoms with E-state index < -0.39 is 0 Å². The van der Waals surface area contributed by atoms with E-state index in [-0.39, 0.29) is 0 Å². The van der Waals surface area contributed by atoms with E-state index in [1.807, 2.05) is 0 Å². The Morgan fingerprint density at radius 3 is 1.80 bits per heavy atom. The van der Waals surface area contributed by atoms with Crippen molar-refractivity contribution < 1.29 is 26.1 Å². The van der Waals surface area contributed by atoms with Crippen molar-refractivity contribution >= 4 is 0 Å². The summed E-state index contributed by atoms with van der Waals surface area (Å²) in [6, 6.07) is 0. The first-order chi connectivity index (χ1) is 2.41. The second-order valence-corrected chi connectivity index (χ2v) is 0.0745. The number of nitrogens with zero attached hydrogens (tertiary/aromatic N) is 1. The molecular formula is CH3HgNO2-. The van der Waals surface area contributed by atoms with Crippen LogP contribution in [0.5, 0.6) is 0 Å². The zero-order valence-electron chi connectivity index (χ0n) is 2.97. The van der Waals surface area contributed by atoms with E-state index in [0.717, 1.165) is 31.5 Å². The Morgan fingerprint density at radius 2 is 1.80 bits per heavy atom. The van der Waals surface area contributed by atoms with Crippen molar-refractivity contribution in [3.63, 3.8) is 0 Å². The Balaban J connectivity index is 0. The van der Waals surface area contributed by atoms with E-state index in [1.54, 1.807) is 0 Å². The average molecular weight is 262 g/mol. The van der Waals surface area contributed by atoms with E-state index in [9.17, 15) is 0 Å². The van der Waals surface area contributed by atoms with Gasteiger partial charge in [-0.15, -0.1) is 5.34 Å². The molecule has 0 aromatic heterocycles. The minimum absolute atomic E-state index is 1.00. The molecule has 0 saturated carbocycles. The molecular weight excluding hydrogens is 259 g/mol. The van der Waals surface area contributed by atoms with Crippen molar-refractivity contribution in [2.24, 2.45) is 5.34 Å². The van der Waals surface area contributed by atoms with Gasteiger partial charge in [-0.05, 0) is 0 Å². The zero-order valence-corrected chi connectivity index (χ0v) is 8.47. The molecule has 0 aliphatic rings. The maximum atomic E-state index is 8.00. The van der Waals surface area contributed by atoms with Gasteiger partial charge in [-0.2, -0.15) is 0 Å². The number of hydrogen-bond acceptors (Lipinski definition) is 3. The summed E-state index contributed by atoms with van der Waals surface area (Å²) >= 11 is 1.03. The molecule has 0 aliphatic carbocycles. The van der Waals surface area contributed by atoms with Gasteiger partial charge < -0.3 is 10.1 Å². The molecule has 0 aromatic rings. The average Bonchev–Trinajstić information content (AvgIpc) is 1.46. The summed E-state index contributed by atoms with van der Waals surface area (Å²) in [7, 11) is 0. The molecule has 0 saturated heterocycles. The van der Waals surface area contributed by atoms with Crippen LogP contribution in [0, 0.1) is 10.1 Å². The zero-order chi connectivity index (χ0) is 4.71. The van der Waals surface area contributed by atoms with Gasteiger partial charge in [0.1, 0.15) is 0 Å². The Kier molecular flexibility index (Phi) is 48.8. The second kappa shape index (κ2) is 27.1. The van der Waals surface area contributed by atoms with Gasteiger partial charge in [0.15, 0.2) is 0 Å². The van der Waals surface area contributed by atoms with Crippen LogP contribution in [0.4, 0.5) is 0 Å². The predicted molar refractivity (Wildman–Crippen MR) is 15.0 cm³/mol. The summed E-state index contributed by atoms with van der Waals surface area (Å²) < 4.78 is 2.19. The van der Waals surface area contributed by atoms with E-state index >= 15 is 0 Å². The molecule has 0 aromatic carbocycles. The van der Waals surface area contributed by atoms with E-state index in [0.29, 0.717) is 0 Å². The first-order valence-corrected chi connectivity index (χ1v) is 6.57. The third-order valence-corrected chi connectivity index (χ3v) is 0. The van der Waals surface area contributed by atoms with Crippen LogP contribution in [0.15, 0.2) is 5.34 Å². The summed E-state index contributed by atoms with van der Waals surface area (Å²) in [6.07, 6.45) is 0. The molecule has 0 rings (SSSR count). The van der Waals surface area contributed by atoms with E-state index in [2.05, 4.69) is 4.43 Å². The maximum absolute atomic E-state index is 8.00. The summed E-state index contributed by atoms with van der Waals surface area (Å²) in [6.45, 7) is 0. The van der Waals surface area contributed by atoms with Crippen LogP contribution in [0.1, 0.15) is 0 Å². The van der Waals surface area contributed by atoms with Gasteiger partial charge in [-0.1, -0.05) is 0 Å². The van der Waals surface area contributed by atoms with Crippen LogP contribution in [-0.2, 0) is 26.1 Å². The van der Waals surface area contributed by atoms with Crippen molar-refractivity contribution in [1.29, 1.82) is 0 Å². The Hall–Kier alpha value is 0.335. The van der Waals surface area contributed by atoms with Crippen molar-refractivity contribution in [1.82, 2.24) is 0 Å². The fourth-order valence-electron chi connectivity index (χ4n) is 0. The molecule has 0 unspecified atom stereocenters. The molecule has 0 atom stereocenters. The Labute approximate surface area is 46.3 Å². The van der Waals surface area contributed by atoms with Gasteiger partial charge in [0.25, 0.3) is 0 Å². The van der Waals surface area contributed by atoms with Crippen molar-refractivity contribution in [2.75, 3.05) is 0 Å². The van der Waals surface area contributed by atoms with Crippen LogP contribution in [0.3, 0.4) is 0 Å². The summed E-state index contributed by atoms with van der Waals surface area (Å²) in [5, 5.41) is 9.00. The van der Waals surface area contributed by atoms with Crippen LogP contribution in [-0.4, -0.2) is 0 Å². The molecule has 0 fully saturated rings.